The number of ether oxygens (including phenoxy) is 1. The summed E-state index contributed by atoms with van der Waals surface area (Å²) in [5.41, 5.74) is 3.36. The summed E-state index contributed by atoms with van der Waals surface area (Å²) in [6.07, 6.45) is 1.48. The van der Waals surface area contributed by atoms with E-state index in [2.05, 4.69) is 5.32 Å². The van der Waals surface area contributed by atoms with Crippen LogP contribution in [0.3, 0.4) is 0 Å². The SMILES string of the molecule is COc1ccc(CNC(=O)C2CCN(C(C)=O)CC2)c(C)c1C. The fourth-order valence-corrected chi connectivity index (χ4v) is 3.05. The molecule has 1 aromatic rings. The van der Waals surface area contributed by atoms with Gasteiger partial charge in [-0.05, 0) is 49.4 Å². The molecule has 0 spiro atoms. The van der Waals surface area contributed by atoms with E-state index < -0.39 is 0 Å². The lowest BCUT2D eigenvalue weighted by atomic mass is 9.95. The monoisotopic (exact) mass is 318 g/mol. The number of nitrogens with zero attached hydrogens (tertiary/aromatic N) is 1. The number of piperidine rings is 1. The minimum atomic E-state index is 0.00486. The van der Waals surface area contributed by atoms with Crippen molar-refractivity contribution in [2.45, 2.75) is 40.2 Å². The Labute approximate surface area is 138 Å². The van der Waals surface area contributed by atoms with Crippen molar-refractivity contribution in [1.82, 2.24) is 10.2 Å². The minimum Gasteiger partial charge on any atom is -0.496 e. The Hall–Kier alpha value is -2.04. The first-order valence-corrected chi connectivity index (χ1v) is 8.10. The second-order valence-electron chi connectivity index (χ2n) is 6.18. The molecule has 1 aliphatic heterocycles. The van der Waals surface area contributed by atoms with E-state index >= 15 is 0 Å². The van der Waals surface area contributed by atoms with Gasteiger partial charge in [0, 0.05) is 32.5 Å². The fraction of sp³-hybridized carbons (Fsp3) is 0.556. The van der Waals surface area contributed by atoms with Gasteiger partial charge in [-0.15, -0.1) is 0 Å². The molecular formula is C18H26N2O3. The fourth-order valence-electron chi connectivity index (χ4n) is 3.05. The van der Waals surface area contributed by atoms with Crippen LogP contribution in [-0.2, 0) is 16.1 Å². The van der Waals surface area contributed by atoms with E-state index in [0.29, 0.717) is 19.6 Å². The van der Waals surface area contributed by atoms with Gasteiger partial charge < -0.3 is 15.0 Å². The van der Waals surface area contributed by atoms with E-state index in [1.54, 1.807) is 18.9 Å². The van der Waals surface area contributed by atoms with E-state index in [0.717, 1.165) is 35.3 Å². The third kappa shape index (κ3) is 4.03. The summed E-state index contributed by atoms with van der Waals surface area (Å²) in [6, 6.07) is 3.94. The maximum absolute atomic E-state index is 12.3. The van der Waals surface area contributed by atoms with Crippen molar-refractivity contribution in [2.24, 2.45) is 5.92 Å². The van der Waals surface area contributed by atoms with Gasteiger partial charge in [0.2, 0.25) is 11.8 Å². The molecule has 2 amide bonds. The number of hydrogen-bond acceptors (Lipinski definition) is 3. The summed E-state index contributed by atoms with van der Waals surface area (Å²) < 4.78 is 5.31. The number of carbonyl (C=O) groups excluding carboxylic acids is 2. The lowest BCUT2D eigenvalue weighted by Gasteiger charge is -2.30. The molecule has 5 heteroatoms. The van der Waals surface area contributed by atoms with Crippen LogP contribution in [0.4, 0.5) is 0 Å². The van der Waals surface area contributed by atoms with Crippen molar-refractivity contribution in [3.8, 4) is 5.75 Å². The van der Waals surface area contributed by atoms with Crippen LogP contribution < -0.4 is 10.1 Å². The number of hydrogen-bond donors (Lipinski definition) is 1. The quantitative estimate of drug-likeness (QED) is 0.926. The zero-order valence-corrected chi connectivity index (χ0v) is 14.4. The number of nitrogens with one attached hydrogen (secondary N) is 1. The summed E-state index contributed by atoms with van der Waals surface area (Å²) in [5.74, 6) is 1.05. The summed E-state index contributed by atoms with van der Waals surface area (Å²) in [7, 11) is 1.66. The molecule has 0 aromatic heterocycles. The first kappa shape index (κ1) is 17.3. The van der Waals surface area contributed by atoms with Crippen molar-refractivity contribution in [3.05, 3.63) is 28.8 Å². The zero-order chi connectivity index (χ0) is 17.0. The smallest absolute Gasteiger partial charge is 0.223 e. The molecule has 0 atom stereocenters. The highest BCUT2D eigenvalue weighted by Crippen LogP contribution is 2.24. The zero-order valence-electron chi connectivity index (χ0n) is 14.4. The van der Waals surface area contributed by atoms with E-state index in [1.807, 2.05) is 26.0 Å². The second-order valence-corrected chi connectivity index (χ2v) is 6.18. The van der Waals surface area contributed by atoms with Crippen molar-refractivity contribution >= 4 is 11.8 Å². The van der Waals surface area contributed by atoms with Gasteiger partial charge in [0.05, 0.1) is 7.11 Å². The van der Waals surface area contributed by atoms with E-state index in [4.69, 9.17) is 4.74 Å². The average molecular weight is 318 g/mol. The summed E-state index contributed by atoms with van der Waals surface area (Å²) in [5, 5.41) is 3.04. The predicted octanol–water partition coefficient (Wildman–Crippen LogP) is 2.19. The van der Waals surface area contributed by atoms with Gasteiger partial charge in [-0.25, -0.2) is 0 Å². The van der Waals surface area contributed by atoms with Crippen LogP contribution in [0.25, 0.3) is 0 Å². The van der Waals surface area contributed by atoms with E-state index in [1.165, 1.54) is 0 Å². The lowest BCUT2D eigenvalue weighted by molar-refractivity contribution is -0.134. The molecule has 1 aromatic carbocycles. The summed E-state index contributed by atoms with van der Waals surface area (Å²) in [4.78, 5) is 25.5. The first-order chi connectivity index (χ1) is 10.9. The normalized spacial score (nSPS) is 15.4. The topological polar surface area (TPSA) is 58.6 Å². The van der Waals surface area contributed by atoms with Crippen LogP contribution in [0.1, 0.15) is 36.5 Å². The molecule has 1 N–H and O–H groups in total. The number of rotatable bonds is 4. The van der Waals surface area contributed by atoms with Crippen LogP contribution in [0, 0.1) is 19.8 Å². The molecule has 0 radical (unpaired) electrons. The average Bonchev–Trinajstić information content (AvgIpc) is 2.56. The van der Waals surface area contributed by atoms with Crippen LogP contribution in [-0.4, -0.2) is 36.9 Å². The number of carbonyl (C=O) groups is 2. The number of amides is 2. The molecule has 5 nitrogen and oxygen atoms in total. The molecule has 1 saturated heterocycles. The molecule has 0 saturated carbocycles. The molecule has 0 bridgehead atoms. The molecule has 1 heterocycles. The Kier molecular flexibility index (Phi) is 5.64. The lowest BCUT2D eigenvalue weighted by Crippen LogP contribution is -2.42. The second kappa shape index (κ2) is 7.49. The van der Waals surface area contributed by atoms with Crippen LogP contribution in [0.15, 0.2) is 12.1 Å². The van der Waals surface area contributed by atoms with Gasteiger partial charge in [-0.1, -0.05) is 6.07 Å². The third-order valence-corrected chi connectivity index (χ3v) is 4.83. The van der Waals surface area contributed by atoms with Crippen LogP contribution in [0.5, 0.6) is 5.75 Å². The third-order valence-electron chi connectivity index (χ3n) is 4.83. The maximum Gasteiger partial charge on any atom is 0.223 e. The standard InChI is InChI=1S/C18H26N2O3/c1-12-13(2)17(23-4)6-5-16(12)11-19-18(22)15-7-9-20(10-8-15)14(3)21/h5-6,15H,7-11H2,1-4H3,(H,19,22). The minimum absolute atomic E-state index is 0.00486. The number of methoxy groups -OCH3 is 1. The van der Waals surface area contributed by atoms with Crippen molar-refractivity contribution < 1.29 is 14.3 Å². The Morgan fingerprint density at radius 1 is 1.22 bits per heavy atom. The molecule has 1 fully saturated rings. The van der Waals surface area contributed by atoms with Gasteiger partial charge in [-0.2, -0.15) is 0 Å². The molecule has 23 heavy (non-hydrogen) atoms. The van der Waals surface area contributed by atoms with E-state index in [-0.39, 0.29) is 17.7 Å². The van der Waals surface area contributed by atoms with Gasteiger partial charge >= 0.3 is 0 Å². The highest BCUT2D eigenvalue weighted by molar-refractivity contribution is 5.79. The molecule has 0 unspecified atom stereocenters. The molecular weight excluding hydrogens is 292 g/mol. The molecule has 126 valence electrons. The van der Waals surface area contributed by atoms with Crippen molar-refractivity contribution in [3.63, 3.8) is 0 Å². The van der Waals surface area contributed by atoms with Gasteiger partial charge in [-0.3, -0.25) is 9.59 Å². The number of benzene rings is 1. The summed E-state index contributed by atoms with van der Waals surface area (Å²) >= 11 is 0. The van der Waals surface area contributed by atoms with E-state index in [9.17, 15) is 9.59 Å². The summed E-state index contributed by atoms with van der Waals surface area (Å²) in [6.45, 7) is 7.53. The predicted molar refractivity (Wildman–Crippen MR) is 89.3 cm³/mol. The van der Waals surface area contributed by atoms with Gasteiger partial charge in [0.1, 0.15) is 5.75 Å². The molecule has 0 aliphatic carbocycles. The largest absolute Gasteiger partial charge is 0.496 e. The Morgan fingerprint density at radius 3 is 2.43 bits per heavy atom. The van der Waals surface area contributed by atoms with Gasteiger partial charge in [0.25, 0.3) is 0 Å². The van der Waals surface area contributed by atoms with Crippen molar-refractivity contribution in [2.75, 3.05) is 20.2 Å². The van der Waals surface area contributed by atoms with Crippen molar-refractivity contribution in [1.29, 1.82) is 0 Å². The molecule has 1 aliphatic rings. The Morgan fingerprint density at radius 2 is 1.87 bits per heavy atom. The van der Waals surface area contributed by atoms with Gasteiger partial charge in [0.15, 0.2) is 0 Å². The van der Waals surface area contributed by atoms with Crippen LogP contribution in [0.2, 0.25) is 0 Å². The Bertz CT molecular complexity index is 590. The highest BCUT2D eigenvalue weighted by Gasteiger charge is 2.25. The Balaban J connectivity index is 1.90. The molecule has 2 rings (SSSR count). The first-order valence-electron chi connectivity index (χ1n) is 8.10. The maximum atomic E-state index is 12.3. The highest BCUT2D eigenvalue weighted by atomic mass is 16.5. The van der Waals surface area contributed by atoms with Crippen LogP contribution >= 0.6 is 0 Å². The number of likely N-dealkylation sites (tertiary alicyclic amines) is 1.